The van der Waals surface area contributed by atoms with Gasteiger partial charge in [0.15, 0.2) is 0 Å². The number of nitrogens with zero attached hydrogens (tertiary/aromatic N) is 2. The second-order valence-corrected chi connectivity index (χ2v) is 36.1. The van der Waals surface area contributed by atoms with Crippen LogP contribution < -0.4 is 0 Å². The van der Waals surface area contributed by atoms with Crippen molar-refractivity contribution in [3.8, 4) is 0 Å². The summed E-state index contributed by atoms with van der Waals surface area (Å²) in [6, 6.07) is 0. The Bertz CT molecular complexity index is 2100. The van der Waals surface area contributed by atoms with Crippen molar-refractivity contribution in [2.45, 2.75) is 449 Å². The first-order valence-electron chi connectivity index (χ1n) is 49.0. The zero-order chi connectivity index (χ0) is 87.3. The minimum Gasteiger partial charge on any atom is -0.465 e. The summed E-state index contributed by atoms with van der Waals surface area (Å²) in [6.07, 6.45) is 54.6. The normalized spacial score (nSPS) is 11.9. The molecule has 117 heavy (non-hydrogen) atoms. The topological polar surface area (TPSA) is 217 Å². The second kappa shape index (κ2) is 80.1. The van der Waals surface area contributed by atoms with Crippen molar-refractivity contribution >= 4 is 47.8 Å². The summed E-state index contributed by atoms with van der Waals surface area (Å²) in [5.74, 6) is -1.33. The maximum atomic E-state index is 13.6. The quantitative estimate of drug-likeness (QED) is 0.0314. The number of carbonyl (C=O) groups excluding carboxylic acids is 8. The minimum atomic E-state index is -1.24. The van der Waals surface area contributed by atoms with Gasteiger partial charge in [-0.25, -0.2) is 0 Å². The molecule has 0 aromatic heterocycles. The second-order valence-electron chi connectivity index (χ2n) is 36.1. The molecule has 0 heterocycles. The van der Waals surface area contributed by atoms with Crippen LogP contribution in [0.3, 0.4) is 0 Å². The zero-order valence-corrected chi connectivity index (χ0v) is 79.3. The summed E-state index contributed by atoms with van der Waals surface area (Å²) in [5, 5.41) is 0. The van der Waals surface area contributed by atoms with E-state index in [9.17, 15) is 38.4 Å². The van der Waals surface area contributed by atoms with Crippen molar-refractivity contribution in [2.24, 2.45) is 46.3 Å². The number of carbonyl (C=O) groups is 8. The van der Waals surface area contributed by atoms with Gasteiger partial charge in [0, 0.05) is 51.5 Å². The number of hydrogen-bond acceptors (Lipinski definition) is 18. The molecular formula is C99H188N2O16. The van der Waals surface area contributed by atoms with Crippen LogP contribution in [0.1, 0.15) is 449 Å². The first-order valence-corrected chi connectivity index (χ1v) is 49.0. The Kier molecular flexibility index (Phi) is 78.6. The fraction of sp³-hybridized carbons (Fsp3) is 0.919. The van der Waals surface area contributed by atoms with Gasteiger partial charge in [-0.1, -0.05) is 314 Å². The monoisotopic (exact) mass is 1660 g/mol. The lowest BCUT2D eigenvalue weighted by atomic mass is 9.90. The molecule has 0 amide bonds. The van der Waals surface area contributed by atoms with Crippen LogP contribution >= 0.6 is 0 Å². The molecule has 0 aliphatic carbocycles. The highest BCUT2D eigenvalue weighted by Gasteiger charge is 2.41. The summed E-state index contributed by atoms with van der Waals surface area (Å²) >= 11 is 0. The van der Waals surface area contributed by atoms with Crippen LogP contribution in [0.25, 0.3) is 0 Å². The van der Waals surface area contributed by atoms with Crippen LogP contribution in [-0.4, -0.2) is 152 Å². The van der Waals surface area contributed by atoms with Gasteiger partial charge in [-0.05, 0) is 154 Å². The van der Waals surface area contributed by atoms with Crippen molar-refractivity contribution in [3.63, 3.8) is 0 Å². The van der Waals surface area contributed by atoms with Gasteiger partial charge >= 0.3 is 47.8 Å². The first-order chi connectivity index (χ1) is 56.4. The van der Waals surface area contributed by atoms with E-state index < -0.39 is 16.8 Å². The van der Waals surface area contributed by atoms with Crippen LogP contribution in [0, 0.1) is 46.3 Å². The number of rotatable bonds is 83. The molecule has 0 aromatic rings. The van der Waals surface area contributed by atoms with Crippen molar-refractivity contribution in [1.29, 1.82) is 0 Å². The average molecular weight is 1660 g/mol. The molecule has 18 nitrogen and oxygen atoms in total. The van der Waals surface area contributed by atoms with Crippen LogP contribution in [0.15, 0.2) is 0 Å². The SMILES string of the molecule is CCCCCC(CCCCC)CC(=O)OCC(COC(=O)CCCN(C)C)(COC(=O)CC(CCCCC)CCCCC)COC(=O)CC(CCCCC)CCCCC.CCCCCC(CCCCC)CC(=O)OCC(COC(=O)CCN(C)C)(COC(=O)CC(CCCCC)CCCCC)COC(=O)CC(CCCCC)CCCCC. The molecule has 0 bridgehead atoms. The van der Waals surface area contributed by atoms with E-state index in [1.165, 1.54) is 0 Å². The fourth-order valence-electron chi connectivity index (χ4n) is 15.4. The largest absolute Gasteiger partial charge is 0.465 e. The Morgan fingerprint density at radius 2 is 0.342 bits per heavy atom. The molecular weight excluding hydrogens is 1470 g/mol. The molecule has 0 aliphatic heterocycles. The summed E-state index contributed by atoms with van der Waals surface area (Å²) < 4.78 is 48.1. The predicted octanol–water partition coefficient (Wildman–Crippen LogP) is 25.6. The van der Waals surface area contributed by atoms with Crippen molar-refractivity contribution in [3.05, 3.63) is 0 Å². The summed E-state index contributed by atoms with van der Waals surface area (Å²) in [4.78, 5) is 112. The molecule has 0 saturated carbocycles. The van der Waals surface area contributed by atoms with Crippen LogP contribution in [0.4, 0.5) is 0 Å². The van der Waals surface area contributed by atoms with Gasteiger partial charge in [-0.2, -0.15) is 0 Å². The van der Waals surface area contributed by atoms with Gasteiger partial charge in [0.1, 0.15) is 63.7 Å². The predicted molar refractivity (Wildman–Crippen MR) is 482 cm³/mol. The lowest BCUT2D eigenvalue weighted by Crippen LogP contribution is -2.44. The van der Waals surface area contributed by atoms with Gasteiger partial charge in [-0.15, -0.1) is 0 Å². The van der Waals surface area contributed by atoms with Crippen LogP contribution in [0.2, 0.25) is 0 Å². The Hall–Kier alpha value is -4.32. The van der Waals surface area contributed by atoms with Gasteiger partial charge < -0.3 is 47.7 Å². The van der Waals surface area contributed by atoms with Crippen LogP contribution in [0.5, 0.6) is 0 Å². The van der Waals surface area contributed by atoms with Gasteiger partial charge in [0.25, 0.3) is 0 Å². The molecule has 0 atom stereocenters. The first kappa shape index (κ1) is 115. The Morgan fingerprint density at radius 3 is 0.487 bits per heavy atom. The van der Waals surface area contributed by atoms with E-state index in [1.807, 2.05) is 38.0 Å². The van der Waals surface area contributed by atoms with Gasteiger partial charge in [-0.3, -0.25) is 38.4 Å². The van der Waals surface area contributed by atoms with Crippen molar-refractivity contribution < 1.29 is 76.3 Å². The molecule has 0 N–H and O–H groups in total. The van der Waals surface area contributed by atoms with Gasteiger partial charge in [0.05, 0.1) is 6.42 Å². The zero-order valence-electron chi connectivity index (χ0n) is 79.3. The highest BCUT2D eigenvalue weighted by molar-refractivity contribution is 5.73. The molecule has 0 fully saturated rings. The molecule has 0 aliphatic rings. The molecule has 0 rings (SSSR count). The Balaban J connectivity index is 0. The molecule has 0 aromatic carbocycles. The van der Waals surface area contributed by atoms with E-state index in [2.05, 4.69) is 83.1 Å². The number of esters is 8. The number of unbranched alkanes of at least 4 members (excludes halogenated alkanes) is 24. The molecule has 0 spiro atoms. The third-order valence-electron chi connectivity index (χ3n) is 23.4. The van der Waals surface area contributed by atoms with Crippen molar-refractivity contribution in [2.75, 3.05) is 94.1 Å². The summed E-state index contributed by atoms with van der Waals surface area (Å²) in [7, 11) is 7.70. The molecule has 0 unspecified atom stereocenters. The number of ether oxygens (including phenoxy) is 8. The fourth-order valence-corrected chi connectivity index (χ4v) is 15.4. The third-order valence-corrected chi connectivity index (χ3v) is 23.4. The molecule has 0 saturated heterocycles. The summed E-state index contributed by atoms with van der Waals surface area (Å²) in [5.41, 5.74) is -2.48. The summed E-state index contributed by atoms with van der Waals surface area (Å²) in [6.45, 7) is 26.0. The maximum absolute atomic E-state index is 13.6. The highest BCUT2D eigenvalue weighted by atomic mass is 16.6. The van der Waals surface area contributed by atoms with E-state index in [0.717, 1.165) is 315 Å². The van der Waals surface area contributed by atoms with Gasteiger partial charge in [0.2, 0.25) is 0 Å². The highest BCUT2D eigenvalue weighted by Crippen LogP contribution is 2.32. The Labute approximate surface area is 719 Å². The van der Waals surface area contributed by atoms with Crippen LogP contribution in [-0.2, 0) is 76.3 Å². The minimum absolute atomic E-state index is 0.175. The van der Waals surface area contributed by atoms with Crippen molar-refractivity contribution in [1.82, 2.24) is 9.80 Å². The number of hydrogen-bond donors (Lipinski definition) is 0. The average Bonchev–Trinajstić information content (AvgIpc) is 0.852. The lowest BCUT2D eigenvalue weighted by molar-refractivity contribution is -0.175. The standard InChI is InChI=1S/C50H95NO8.C49H93NO8/c1-9-15-21-28-43(29-22-16-10-2)36-47(53)57-40-50(39-56-46(52)34-27-35-51(7)8,41-58-48(54)37-44(30-23-17-11-3)31-24-18-12-4)42-59-49(55)38-45(32-25-19-13-5)33-26-20-14-6;1-9-15-21-27-42(28-22-16-10-2)35-46(52)56-39-49(38-55-45(51)33-34-50(7)8,40-57-47(53)36-43(29-23-17-11-3)30-24-18-12-4)41-58-48(54)37-44(31-25-19-13-5)32-26-20-14-6/h43-45H,9-42H2,1-8H3;42-44H,9-41H2,1-8H3. The third kappa shape index (κ3) is 69.9. The van der Waals surface area contributed by atoms with E-state index in [0.29, 0.717) is 51.5 Å². The molecule has 0 radical (unpaired) electrons. The lowest BCUT2D eigenvalue weighted by Gasteiger charge is -2.32. The maximum Gasteiger partial charge on any atom is 0.307 e. The molecule has 690 valence electrons. The van der Waals surface area contributed by atoms with E-state index in [1.54, 1.807) is 0 Å². The molecule has 18 heteroatoms. The smallest absolute Gasteiger partial charge is 0.307 e. The Morgan fingerprint density at radius 1 is 0.197 bits per heavy atom. The van der Waals surface area contributed by atoms with E-state index in [-0.39, 0.29) is 143 Å². The van der Waals surface area contributed by atoms with E-state index in [4.69, 9.17) is 37.9 Å². The van der Waals surface area contributed by atoms with E-state index >= 15 is 0 Å².